The van der Waals surface area contributed by atoms with Gasteiger partial charge >= 0.3 is 0 Å². The molecule has 328 valence electrons. The van der Waals surface area contributed by atoms with Gasteiger partial charge in [0.25, 0.3) is 5.91 Å². The molecule has 0 aliphatic heterocycles. The lowest BCUT2D eigenvalue weighted by Crippen LogP contribution is -2.24. The van der Waals surface area contributed by atoms with Crippen LogP contribution in [0.1, 0.15) is 50.1 Å². The maximum Gasteiger partial charge on any atom is 0.257 e. The maximum atomic E-state index is 11.5. The zero-order chi connectivity index (χ0) is 46.5. The molecule has 8 aromatic rings. The van der Waals surface area contributed by atoms with Crippen molar-refractivity contribution in [3.63, 3.8) is 0 Å². The molecule has 65 heavy (non-hydrogen) atoms. The van der Waals surface area contributed by atoms with Gasteiger partial charge in [0.2, 0.25) is 0 Å². The van der Waals surface area contributed by atoms with Crippen LogP contribution < -0.4 is 10.1 Å². The number of phenols is 2. The molecule has 0 fully saturated rings. The molecule has 0 spiro atoms. The van der Waals surface area contributed by atoms with Crippen LogP contribution in [-0.4, -0.2) is 59.7 Å². The number of hydrogen-bond donors (Lipinski definition) is 3. The Morgan fingerprint density at radius 3 is 0.985 bits per heavy atom. The average molecular weight is 864 g/mol. The van der Waals surface area contributed by atoms with Gasteiger partial charge in [0.05, 0.1) is 11.1 Å². The molecule has 2 aromatic heterocycles. The number of rotatable bonds is 9. The first-order valence-electron chi connectivity index (χ1n) is 21.4. The van der Waals surface area contributed by atoms with Gasteiger partial charge in [-0.3, -0.25) is 4.79 Å². The van der Waals surface area contributed by atoms with Crippen molar-refractivity contribution in [2.24, 2.45) is 0 Å². The quantitative estimate of drug-likeness (QED) is 0.128. The maximum absolute atomic E-state index is 11.5. The van der Waals surface area contributed by atoms with Crippen molar-refractivity contribution in [2.45, 2.75) is 62.3 Å². The third-order valence-corrected chi connectivity index (χ3v) is 11.0. The first-order chi connectivity index (χ1) is 31.1. The number of likely N-dealkylation sites (N-methyl/N-ethyl adjacent to an activating group) is 1. The molecule has 0 radical (unpaired) electrons. The summed E-state index contributed by atoms with van der Waals surface area (Å²) in [4.78, 5) is 40.1. The fourth-order valence-electron chi connectivity index (χ4n) is 7.57. The van der Waals surface area contributed by atoms with Crippen molar-refractivity contribution >= 4 is 5.91 Å². The Hall–Kier alpha value is -7.79. The highest BCUT2D eigenvalue weighted by Crippen LogP contribution is 2.35. The number of hydrogen-bond acceptors (Lipinski definition) is 10. The van der Waals surface area contributed by atoms with E-state index in [1.165, 1.54) is 24.2 Å². The Morgan fingerprint density at radius 2 is 0.692 bits per heavy atom. The van der Waals surface area contributed by atoms with Crippen LogP contribution in [0.25, 0.3) is 68.3 Å². The van der Waals surface area contributed by atoms with Crippen LogP contribution in [0.2, 0.25) is 0 Å². The lowest BCUT2D eigenvalue weighted by atomic mass is 10.0. The second kappa shape index (κ2) is 19.3. The molecule has 0 saturated carbocycles. The lowest BCUT2D eigenvalue weighted by molar-refractivity contribution is -0.122. The van der Waals surface area contributed by atoms with Crippen molar-refractivity contribution in [1.29, 1.82) is 0 Å². The van der Waals surface area contributed by atoms with Crippen LogP contribution in [0.4, 0.5) is 0 Å². The fraction of sp³-hybridized carbons (Fsp3) is 0.204. The van der Waals surface area contributed by atoms with Crippen LogP contribution in [-0.2, 0) is 4.79 Å². The molecule has 0 atom stereocenters. The number of aromatic nitrogens is 6. The number of nitrogens with zero attached hydrogens (tertiary/aromatic N) is 6. The van der Waals surface area contributed by atoms with E-state index in [2.05, 4.69) is 69.4 Å². The highest BCUT2D eigenvalue weighted by atomic mass is 16.5. The predicted molar refractivity (Wildman–Crippen MR) is 258 cm³/mol. The number of phenolic OH excluding ortho intramolecular Hbond substituents is 2. The molecule has 0 bridgehead atoms. The average Bonchev–Trinajstić information content (AvgIpc) is 3.25. The Labute approximate surface area is 380 Å². The molecular formula is C54H53N7O4. The second-order valence-corrected chi connectivity index (χ2v) is 16.5. The van der Waals surface area contributed by atoms with Crippen LogP contribution in [0.15, 0.2) is 109 Å². The van der Waals surface area contributed by atoms with E-state index in [0.717, 1.165) is 61.2 Å². The topological polar surface area (TPSA) is 156 Å². The van der Waals surface area contributed by atoms with E-state index in [1.54, 1.807) is 18.2 Å². The van der Waals surface area contributed by atoms with Gasteiger partial charge in [0.1, 0.15) is 17.2 Å². The van der Waals surface area contributed by atoms with Crippen LogP contribution in [0.5, 0.6) is 17.2 Å². The molecular weight excluding hydrogens is 811 g/mol. The Kier molecular flexibility index (Phi) is 13.4. The molecule has 0 aliphatic rings. The standard InChI is InChI=1S/C28H28N4O3.C26H25N3O/c1-16-6-9-21(18(3)12-16)26-30-27(22-10-7-17(2)13-19(22)4)32-28(31-26)23-11-8-20(14-24(23)33)35-15-25(34)29-5;1-15-6-9-20(18(4)12-15)24-27-25(21-10-7-16(2)13-19(21)5)29-26(28-24)22-11-8-17(3)14-23(22)30/h6-14,33H,15H2,1-5H3,(H,29,34);6-14,30H,1-5H3. The number of amides is 1. The normalized spacial score (nSPS) is 10.9. The number of aromatic hydroxyl groups is 2. The molecule has 11 nitrogen and oxygen atoms in total. The summed E-state index contributed by atoms with van der Waals surface area (Å²) in [6, 6.07) is 35.1. The zero-order valence-electron chi connectivity index (χ0n) is 38.5. The van der Waals surface area contributed by atoms with Gasteiger partial charge in [-0.1, -0.05) is 101 Å². The van der Waals surface area contributed by atoms with E-state index in [1.807, 2.05) is 83.1 Å². The SMILES string of the molecule is CNC(=O)COc1ccc(-c2nc(-c3ccc(C)cc3C)nc(-c3ccc(C)cc3C)n2)c(O)c1.Cc1ccc(-c2nc(-c3ccc(C)cc3C)nc(-c3ccc(C)cc3O)n2)c(C)c1. The minimum atomic E-state index is -0.262. The summed E-state index contributed by atoms with van der Waals surface area (Å²) in [5.74, 6) is 3.30. The molecule has 8 rings (SSSR count). The van der Waals surface area contributed by atoms with Crippen LogP contribution in [0.3, 0.4) is 0 Å². The molecule has 0 aliphatic carbocycles. The smallest absolute Gasteiger partial charge is 0.257 e. The summed E-state index contributed by atoms with van der Waals surface area (Å²) < 4.78 is 5.45. The van der Waals surface area contributed by atoms with Crippen molar-refractivity contribution in [2.75, 3.05) is 13.7 Å². The third kappa shape index (κ3) is 10.5. The van der Waals surface area contributed by atoms with Gasteiger partial charge in [0, 0.05) is 35.4 Å². The van der Waals surface area contributed by atoms with E-state index < -0.39 is 0 Å². The van der Waals surface area contributed by atoms with Gasteiger partial charge in [-0.2, -0.15) is 0 Å². The molecule has 11 heteroatoms. The van der Waals surface area contributed by atoms with Gasteiger partial charge in [-0.05, 0) is 114 Å². The molecule has 0 unspecified atom stereocenters. The van der Waals surface area contributed by atoms with Crippen LogP contribution in [0, 0.1) is 62.3 Å². The van der Waals surface area contributed by atoms with E-state index in [4.69, 9.17) is 34.6 Å². The number of benzene rings is 6. The van der Waals surface area contributed by atoms with E-state index in [9.17, 15) is 15.0 Å². The summed E-state index contributed by atoms with van der Waals surface area (Å²) in [7, 11) is 1.54. The number of aryl methyl sites for hydroxylation is 9. The molecule has 2 heterocycles. The summed E-state index contributed by atoms with van der Waals surface area (Å²) >= 11 is 0. The highest BCUT2D eigenvalue weighted by molar-refractivity contribution is 5.77. The van der Waals surface area contributed by atoms with Crippen molar-refractivity contribution < 1.29 is 19.7 Å². The summed E-state index contributed by atoms with van der Waals surface area (Å²) in [6.07, 6.45) is 0. The van der Waals surface area contributed by atoms with Gasteiger partial charge in [0.15, 0.2) is 41.6 Å². The van der Waals surface area contributed by atoms with Crippen molar-refractivity contribution in [3.05, 3.63) is 159 Å². The van der Waals surface area contributed by atoms with E-state index in [0.29, 0.717) is 51.8 Å². The van der Waals surface area contributed by atoms with Crippen molar-refractivity contribution in [3.8, 4) is 85.6 Å². The fourth-order valence-corrected chi connectivity index (χ4v) is 7.57. The van der Waals surface area contributed by atoms with Gasteiger partial charge < -0.3 is 20.3 Å². The van der Waals surface area contributed by atoms with E-state index >= 15 is 0 Å². The summed E-state index contributed by atoms with van der Waals surface area (Å²) in [5, 5.41) is 23.8. The number of carbonyl (C=O) groups excluding carboxylic acids is 1. The zero-order valence-corrected chi connectivity index (χ0v) is 38.5. The number of ether oxygens (including phenoxy) is 1. The molecule has 1 amide bonds. The molecule has 6 aromatic carbocycles. The third-order valence-electron chi connectivity index (χ3n) is 11.0. The van der Waals surface area contributed by atoms with Crippen molar-refractivity contribution in [1.82, 2.24) is 35.2 Å². The molecule has 3 N–H and O–H groups in total. The monoisotopic (exact) mass is 863 g/mol. The number of nitrogens with one attached hydrogen (secondary N) is 1. The van der Waals surface area contributed by atoms with Gasteiger partial charge in [-0.25, -0.2) is 29.9 Å². The summed E-state index contributed by atoms with van der Waals surface area (Å²) in [5.41, 5.74) is 14.7. The van der Waals surface area contributed by atoms with Gasteiger partial charge in [-0.15, -0.1) is 0 Å². The predicted octanol–water partition coefficient (Wildman–Crippen LogP) is 11.1. The second-order valence-electron chi connectivity index (χ2n) is 16.5. The Bertz CT molecular complexity index is 2850. The first kappa shape index (κ1) is 45.2. The molecule has 0 saturated heterocycles. The summed E-state index contributed by atoms with van der Waals surface area (Å²) in [6.45, 7) is 18.2. The van der Waals surface area contributed by atoms with E-state index in [-0.39, 0.29) is 24.0 Å². The minimum absolute atomic E-state index is 0.0521. The Morgan fingerprint density at radius 1 is 0.415 bits per heavy atom. The lowest BCUT2D eigenvalue weighted by Gasteiger charge is -2.13. The Balaban J connectivity index is 0.000000196. The number of carbonyl (C=O) groups is 1. The highest BCUT2D eigenvalue weighted by Gasteiger charge is 2.19. The van der Waals surface area contributed by atoms with Crippen LogP contribution >= 0.6 is 0 Å². The largest absolute Gasteiger partial charge is 0.507 e. The first-order valence-corrected chi connectivity index (χ1v) is 21.4. The minimum Gasteiger partial charge on any atom is -0.507 e.